The number of aryl methyl sites for hydroxylation is 1. The summed E-state index contributed by atoms with van der Waals surface area (Å²) in [4.78, 5) is 27.3. The molecule has 0 aliphatic carbocycles. The molecule has 4 rings (SSSR count). The quantitative estimate of drug-likeness (QED) is 0.432. The number of imide groups is 1. The lowest BCUT2D eigenvalue weighted by atomic mass is 10.00. The summed E-state index contributed by atoms with van der Waals surface area (Å²) in [5.74, 6) is 1.56. The molecule has 0 bridgehead atoms. The largest absolute Gasteiger partial charge is 0.496 e. The van der Waals surface area contributed by atoms with E-state index in [1.165, 1.54) is 11.0 Å². The highest BCUT2D eigenvalue weighted by molar-refractivity contribution is 6.25. The Morgan fingerprint density at radius 2 is 1.68 bits per heavy atom. The highest BCUT2D eigenvalue weighted by atomic mass is 16.5. The number of hydrogen-bond donors (Lipinski definition) is 0. The van der Waals surface area contributed by atoms with Crippen molar-refractivity contribution < 1.29 is 19.1 Å². The summed E-state index contributed by atoms with van der Waals surface area (Å²) in [5, 5.41) is 0. The number of nitrogens with zero attached hydrogens (tertiary/aromatic N) is 1. The molecule has 0 saturated heterocycles. The van der Waals surface area contributed by atoms with Crippen molar-refractivity contribution in [1.82, 2.24) is 4.90 Å². The molecular weight excluding hydrogens is 426 g/mol. The normalized spacial score (nSPS) is 13.7. The Balaban J connectivity index is 1.46. The molecule has 1 aliphatic rings. The van der Waals surface area contributed by atoms with Gasteiger partial charge in [-0.15, -0.1) is 0 Å². The van der Waals surface area contributed by atoms with Crippen molar-refractivity contribution in [3.05, 3.63) is 101 Å². The van der Waals surface area contributed by atoms with Crippen LogP contribution in [0.25, 0.3) is 11.6 Å². The third-order valence-electron chi connectivity index (χ3n) is 5.87. The van der Waals surface area contributed by atoms with E-state index in [-0.39, 0.29) is 11.8 Å². The molecule has 5 nitrogen and oxygen atoms in total. The average molecular weight is 454 g/mol. The predicted octanol–water partition coefficient (Wildman–Crippen LogP) is 5.96. The van der Waals surface area contributed by atoms with E-state index in [0.29, 0.717) is 24.3 Å². The van der Waals surface area contributed by atoms with Crippen LogP contribution in [0.2, 0.25) is 0 Å². The van der Waals surface area contributed by atoms with Gasteiger partial charge in [0.1, 0.15) is 17.2 Å². The van der Waals surface area contributed by atoms with Crippen LogP contribution in [0, 0.1) is 13.8 Å². The molecule has 3 aromatic carbocycles. The second kappa shape index (κ2) is 10.2. The number of rotatable bonds is 6. The van der Waals surface area contributed by atoms with E-state index in [0.717, 1.165) is 33.8 Å². The van der Waals surface area contributed by atoms with Crippen LogP contribution in [0.3, 0.4) is 0 Å². The van der Waals surface area contributed by atoms with Gasteiger partial charge in [0, 0.05) is 18.2 Å². The fourth-order valence-electron chi connectivity index (χ4n) is 3.87. The van der Waals surface area contributed by atoms with E-state index < -0.39 is 0 Å². The fourth-order valence-corrected chi connectivity index (χ4v) is 3.87. The first-order valence-electron chi connectivity index (χ1n) is 11.2. The summed E-state index contributed by atoms with van der Waals surface area (Å²) >= 11 is 0. The standard InChI is InChI=1S/C29H27NO4/c1-20-18-22(19-27(33-3)21(20)2)11-16-28(31)30-17-7-10-26(29(30)32)23-12-14-25(15-13-23)34-24-8-5-4-6-9-24/h4-6,8-16,18-19H,7,17H2,1-3H3/b16-11+. The monoisotopic (exact) mass is 453 g/mol. The Morgan fingerprint density at radius 3 is 2.38 bits per heavy atom. The maximum absolute atomic E-state index is 13.1. The minimum atomic E-state index is -0.336. The van der Waals surface area contributed by atoms with E-state index in [1.54, 1.807) is 13.2 Å². The van der Waals surface area contributed by atoms with Crippen molar-refractivity contribution in [2.75, 3.05) is 13.7 Å². The van der Waals surface area contributed by atoms with Crippen molar-refractivity contribution in [3.63, 3.8) is 0 Å². The Hall–Kier alpha value is -4.12. The molecule has 0 saturated carbocycles. The molecule has 0 N–H and O–H groups in total. The van der Waals surface area contributed by atoms with Crippen molar-refractivity contribution in [2.24, 2.45) is 0 Å². The Morgan fingerprint density at radius 1 is 0.971 bits per heavy atom. The molecule has 3 aromatic rings. The first-order valence-corrected chi connectivity index (χ1v) is 11.2. The number of para-hydroxylation sites is 1. The van der Waals surface area contributed by atoms with E-state index in [2.05, 4.69) is 0 Å². The van der Waals surface area contributed by atoms with Gasteiger partial charge in [0.25, 0.3) is 11.8 Å². The smallest absolute Gasteiger partial charge is 0.261 e. The van der Waals surface area contributed by atoms with Gasteiger partial charge >= 0.3 is 0 Å². The molecule has 2 amide bonds. The second-order valence-corrected chi connectivity index (χ2v) is 8.14. The molecule has 0 fully saturated rings. The third-order valence-corrected chi connectivity index (χ3v) is 5.87. The van der Waals surface area contributed by atoms with Crippen molar-refractivity contribution >= 4 is 23.5 Å². The van der Waals surface area contributed by atoms with Crippen LogP contribution >= 0.6 is 0 Å². The van der Waals surface area contributed by atoms with Crippen LogP contribution in [-0.2, 0) is 9.59 Å². The van der Waals surface area contributed by atoms with E-state index in [9.17, 15) is 9.59 Å². The lowest BCUT2D eigenvalue weighted by Gasteiger charge is -2.24. The minimum absolute atomic E-state index is 0.296. The lowest BCUT2D eigenvalue weighted by molar-refractivity contribution is -0.138. The van der Waals surface area contributed by atoms with Crippen LogP contribution in [0.4, 0.5) is 0 Å². The summed E-state index contributed by atoms with van der Waals surface area (Å²) in [6, 6.07) is 20.7. The Labute approximate surface area is 199 Å². The number of methoxy groups -OCH3 is 1. The van der Waals surface area contributed by atoms with Crippen molar-refractivity contribution in [2.45, 2.75) is 20.3 Å². The van der Waals surface area contributed by atoms with Gasteiger partial charge in [-0.3, -0.25) is 14.5 Å². The van der Waals surface area contributed by atoms with Crippen molar-refractivity contribution in [1.29, 1.82) is 0 Å². The SMILES string of the molecule is COc1cc(/C=C/C(=O)N2CCC=C(c3ccc(Oc4ccccc4)cc3)C2=O)cc(C)c1C. The molecule has 1 aliphatic heterocycles. The van der Waals surface area contributed by atoms with Crippen LogP contribution in [0.5, 0.6) is 17.2 Å². The van der Waals surface area contributed by atoms with Gasteiger partial charge in [-0.2, -0.15) is 0 Å². The number of carbonyl (C=O) groups is 2. The topological polar surface area (TPSA) is 55.8 Å². The third kappa shape index (κ3) is 5.09. The van der Waals surface area contributed by atoms with Crippen LogP contribution < -0.4 is 9.47 Å². The zero-order chi connectivity index (χ0) is 24.1. The molecule has 1 heterocycles. The van der Waals surface area contributed by atoms with Crippen molar-refractivity contribution in [3.8, 4) is 17.2 Å². The number of amides is 2. The van der Waals surface area contributed by atoms with Crippen LogP contribution in [-0.4, -0.2) is 30.4 Å². The molecule has 0 atom stereocenters. The number of benzene rings is 3. The minimum Gasteiger partial charge on any atom is -0.496 e. The maximum atomic E-state index is 13.1. The average Bonchev–Trinajstić information content (AvgIpc) is 2.86. The van der Waals surface area contributed by atoms with E-state index >= 15 is 0 Å². The maximum Gasteiger partial charge on any atom is 0.261 e. The molecule has 0 radical (unpaired) electrons. The summed E-state index contributed by atoms with van der Waals surface area (Å²) in [5.41, 5.74) is 4.26. The van der Waals surface area contributed by atoms with E-state index in [4.69, 9.17) is 9.47 Å². The first-order chi connectivity index (χ1) is 16.5. The Kier molecular flexibility index (Phi) is 6.93. The Bertz CT molecular complexity index is 1260. The van der Waals surface area contributed by atoms with Gasteiger partial charge in [0.15, 0.2) is 0 Å². The molecule has 5 heteroatoms. The summed E-state index contributed by atoms with van der Waals surface area (Å²) in [6.45, 7) is 4.35. The summed E-state index contributed by atoms with van der Waals surface area (Å²) in [7, 11) is 1.63. The first kappa shape index (κ1) is 23.1. The van der Waals surface area contributed by atoms with Gasteiger partial charge in [-0.05, 0) is 78.9 Å². The van der Waals surface area contributed by atoms with Crippen LogP contribution in [0.15, 0.2) is 78.9 Å². The number of ether oxygens (including phenoxy) is 2. The molecule has 172 valence electrons. The second-order valence-electron chi connectivity index (χ2n) is 8.14. The molecule has 0 unspecified atom stereocenters. The lowest BCUT2D eigenvalue weighted by Crippen LogP contribution is -2.39. The van der Waals surface area contributed by atoms with Gasteiger partial charge in [0.2, 0.25) is 0 Å². The highest BCUT2D eigenvalue weighted by Crippen LogP contribution is 2.27. The highest BCUT2D eigenvalue weighted by Gasteiger charge is 2.26. The van der Waals surface area contributed by atoms with Gasteiger partial charge < -0.3 is 9.47 Å². The number of hydrogen-bond acceptors (Lipinski definition) is 4. The van der Waals surface area contributed by atoms with Gasteiger partial charge in [-0.1, -0.05) is 42.5 Å². The zero-order valence-corrected chi connectivity index (χ0v) is 19.6. The fraction of sp³-hybridized carbons (Fsp3) is 0.172. The van der Waals surface area contributed by atoms with Crippen LogP contribution in [0.1, 0.15) is 28.7 Å². The molecule has 0 aromatic heterocycles. The van der Waals surface area contributed by atoms with Gasteiger partial charge in [-0.25, -0.2) is 0 Å². The summed E-state index contributed by atoms with van der Waals surface area (Å²) < 4.78 is 11.2. The molecular formula is C29H27NO4. The van der Waals surface area contributed by atoms with Gasteiger partial charge in [0.05, 0.1) is 7.11 Å². The predicted molar refractivity (Wildman–Crippen MR) is 134 cm³/mol. The number of carbonyl (C=O) groups excluding carboxylic acids is 2. The van der Waals surface area contributed by atoms with E-state index in [1.807, 2.05) is 86.7 Å². The summed E-state index contributed by atoms with van der Waals surface area (Å²) in [6.07, 6.45) is 5.66. The zero-order valence-electron chi connectivity index (χ0n) is 19.6. The molecule has 0 spiro atoms. The molecule has 34 heavy (non-hydrogen) atoms.